The van der Waals surface area contributed by atoms with Crippen LogP contribution in [-0.2, 0) is 61.9 Å². The van der Waals surface area contributed by atoms with E-state index in [1.165, 1.54) is 14.0 Å². The van der Waals surface area contributed by atoms with Gasteiger partial charge in [-0.2, -0.15) is 0 Å². The van der Waals surface area contributed by atoms with Crippen LogP contribution in [0.1, 0.15) is 100 Å². The Bertz CT molecular complexity index is 1410. The van der Waals surface area contributed by atoms with Crippen LogP contribution in [0.2, 0.25) is 0 Å². The lowest BCUT2D eigenvalue weighted by molar-refractivity contribution is -0.344. The predicted molar refractivity (Wildman–Crippen MR) is 216 cm³/mol. The van der Waals surface area contributed by atoms with Gasteiger partial charge in [-0.05, 0) is 80.1 Å². The Balaban J connectivity index is 2.04. The molecule has 18 heteroatoms. The largest absolute Gasteiger partial charge is 0.459 e. The van der Waals surface area contributed by atoms with Gasteiger partial charge in [-0.15, -0.1) is 0 Å². The number of nitrogens with zero attached hydrogens (tertiary/aromatic N) is 2. The number of amides is 1. The first-order valence-electron chi connectivity index (χ1n) is 21.3. The zero-order valence-corrected chi connectivity index (χ0v) is 37.7. The number of methoxy groups -OCH3 is 1. The second-order valence-corrected chi connectivity index (χ2v) is 17.2. The molecule has 3 saturated heterocycles. The van der Waals surface area contributed by atoms with Crippen LogP contribution >= 0.6 is 0 Å². The molecule has 3 aliphatic rings. The number of β-amino-alcohol motifs (C(OH)–C–C–N with tert-alkyl or cyclic N) is 1. The lowest BCUT2D eigenvalue weighted by Crippen LogP contribution is -2.66. The van der Waals surface area contributed by atoms with E-state index in [0.29, 0.717) is 19.5 Å². The number of esters is 3. The number of nitrogens with one attached hydrogen (secondary N) is 1. The highest BCUT2D eigenvalue weighted by atomic mass is 16.7. The van der Waals surface area contributed by atoms with Gasteiger partial charge in [0.1, 0.15) is 30.7 Å². The zero-order chi connectivity index (χ0) is 45.1. The van der Waals surface area contributed by atoms with Crippen LogP contribution in [0.4, 0.5) is 0 Å². The summed E-state index contributed by atoms with van der Waals surface area (Å²) in [7, 11) is 6.79. The quantitative estimate of drug-likeness (QED) is 0.137. The molecule has 0 aromatic rings. The van der Waals surface area contributed by atoms with Gasteiger partial charge in [-0.25, -0.2) is 0 Å². The molecule has 3 N–H and O–H groups in total. The highest BCUT2D eigenvalue weighted by Crippen LogP contribution is 2.39. The first kappa shape index (κ1) is 51.5. The maximum Gasteiger partial charge on any atom is 0.306 e. The van der Waals surface area contributed by atoms with Gasteiger partial charge in [-0.1, -0.05) is 20.8 Å². The molecule has 0 radical (unpaired) electrons. The Labute approximate surface area is 355 Å². The number of aliphatic hydroxyl groups excluding tert-OH is 2. The maximum absolute atomic E-state index is 13.5. The fourth-order valence-electron chi connectivity index (χ4n) is 8.64. The molecule has 346 valence electrons. The van der Waals surface area contributed by atoms with E-state index < -0.39 is 103 Å². The molecule has 6 unspecified atom stereocenters. The first-order valence-corrected chi connectivity index (χ1v) is 21.3. The van der Waals surface area contributed by atoms with Crippen molar-refractivity contribution in [3.05, 3.63) is 0 Å². The van der Waals surface area contributed by atoms with Crippen molar-refractivity contribution < 1.29 is 72.1 Å². The Morgan fingerprint density at radius 1 is 0.983 bits per heavy atom. The molecular weight excluding hydrogens is 786 g/mol. The topological polar surface area (TPSA) is 218 Å². The molecule has 3 aliphatic heterocycles. The van der Waals surface area contributed by atoms with Crippen LogP contribution in [0.3, 0.4) is 0 Å². The summed E-state index contributed by atoms with van der Waals surface area (Å²) in [5.74, 6) is -3.03. The molecule has 0 spiro atoms. The standard InChI is InChI=1S/C42H73N3O15/c1-13-32(50)56-30-20-31(49)43-24(4)15-17-45(11)22-29(48)23(3)19-28(16-18-46)38(39(30)53-12)59-41-36(52)35(44(9)10)37(25(5)55-41)58-34-21-42(8,60-27(7)47)40(26(6)54-34)57-33(51)14-2/h18,23-26,28-30,34-41,48,52H,13-17,19-22H2,1-12H3,(H,43,49)/t23-,24?,25?,26?,28+,29+,30-,34+,35?,36?,37+,38+,39+,40+,41+,42?/m1/s1. The number of hydrogen-bond acceptors (Lipinski definition) is 17. The van der Waals surface area contributed by atoms with Crippen molar-refractivity contribution in [3.63, 3.8) is 0 Å². The summed E-state index contributed by atoms with van der Waals surface area (Å²) < 4.78 is 49.3. The van der Waals surface area contributed by atoms with Gasteiger partial charge in [-0.3, -0.25) is 19.2 Å². The van der Waals surface area contributed by atoms with Gasteiger partial charge < -0.3 is 68.0 Å². The van der Waals surface area contributed by atoms with Crippen LogP contribution in [0.5, 0.6) is 0 Å². The minimum atomic E-state index is -1.40. The van der Waals surface area contributed by atoms with E-state index in [4.69, 9.17) is 37.9 Å². The Kier molecular flexibility index (Phi) is 20.3. The molecule has 0 aromatic heterocycles. The summed E-state index contributed by atoms with van der Waals surface area (Å²) in [6, 6.07) is -1.03. The van der Waals surface area contributed by atoms with E-state index in [2.05, 4.69) is 5.32 Å². The van der Waals surface area contributed by atoms with Crippen LogP contribution in [0.25, 0.3) is 0 Å². The molecule has 3 heterocycles. The number of ether oxygens (including phenoxy) is 8. The summed E-state index contributed by atoms with van der Waals surface area (Å²) in [5.41, 5.74) is -1.31. The number of carbonyl (C=O) groups excluding carboxylic acids is 5. The summed E-state index contributed by atoms with van der Waals surface area (Å²) in [6.07, 6.45) is -9.82. The van der Waals surface area contributed by atoms with E-state index in [9.17, 15) is 34.2 Å². The number of rotatable bonds is 13. The molecule has 18 nitrogen and oxygen atoms in total. The number of hydrogen-bond donors (Lipinski definition) is 3. The monoisotopic (exact) mass is 860 g/mol. The van der Waals surface area contributed by atoms with Crippen molar-refractivity contribution in [1.82, 2.24) is 15.1 Å². The van der Waals surface area contributed by atoms with Crippen LogP contribution in [0.15, 0.2) is 0 Å². The minimum Gasteiger partial charge on any atom is -0.459 e. The Morgan fingerprint density at radius 3 is 2.22 bits per heavy atom. The molecule has 60 heavy (non-hydrogen) atoms. The molecule has 0 aromatic carbocycles. The van der Waals surface area contributed by atoms with Crippen molar-refractivity contribution in [3.8, 4) is 0 Å². The predicted octanol–water partition coefficient (Wildman–Crippen LogP) is 1.73. The second-order valence-electron chi connectivity index (χ2n) is 17.2. The van der Waals surface area contributed by atoms with Gasteiger partial charge in [0.15, 0.2) is 24.3 Å². The van der Waals surface area contributed by atoms with Gasteiger partial charge in [0, 0.05) is 52.3 Å². The molecule has 3 rings (SSSR count). The first-order chi connectivity index (χ1) is 28.2. The number of aldehydes is 1. The van der Waals surface area contributed by atoms with Crippen LogP contribution in [0, 0.1) is 11.8 Å². The molecule has 3 fully saturated rings. The van der Waals surface area contributed by atoms with Crippen molar-refractivity contribution in [2.24, 2.45) is 11.8 Å². The molecule has 0 aliphatic carbocycles. The van der Waals surface area contributed by atoms with Crippen LogP contribution < -0.4 is 5.32 Å². The van der Waals surface area contributed by atoms with Crippen molar-refractivity contribution in [1.29, 1.82) is 0 Å². The highest BCUT2D eigenvalue weighted by Gasteiger charge is 2.54. The summed E-state index contributed by atoms with van der Waals surface area (Å²) >= 11 is 0. The molecule has 0 saturated carbocycles. The lowest BCUT2D eigenvalue weighted by Gasteiger charge is -2.50. The van der Waals surface area contributed by atoms with Gasteiger partial charge in [0.2, 0.25) is 5.91 Å². The van der Waals surface area contributed by atoms with Crippen molar-refractivity contribution in [2.75, 3.05) is 41.3 Å². The Hall–Kier alpha value is -2.81. The van der Waals surface area contributed by atoms with Gasteiger partial charge >= 0.3 is 17.9 Å². The third-order valence-electron chi connectivity index (χ3n) is 11.8. The highest BCUT2D eigenvalue weighted by molar-refractivity contribution is 5.77. The lowest BCUT2D eigenvalue weighted by atomic mass is 9.82. The number of aliphatic hydroxyl groups is 2. The van der Waals surface area contributed by atoms with Crippen LogP contribution in [-0.4, -0.2) is 177 Å². The molecular formula is C42H73N3O15. The summed E-state index contributed by atoms with van der Waals surface area (Å²) in [5, 5.41) is 26.5. The minimum absolute atomic E-state index is 0.00695. The molecule has 1 amide bonds. The Morgan fingerprint density at radius 2 is 1.63 bits per heavy atom. The normalized spacial score (nSPS) is 39.1. The summed E-state index contributed by atoms with van der Waals surface area (Å²) in [6.45, 7) is 14.3. The SMILES string of the molecule is CCC(=O)O[C@@H]1CC(=O)NC(C)CCN(C)C[C@H](O)[C@H](C)C[C@H](CC=O)[C@H](O[C@@H]2OC(C)[C@H](O[C@H]3CC(C)(OC(C)=O)[C@@H](OC(=O)CC)C(C)O3)C(N(C)C)C2O)[C@H]1OC. The van der Waals surface area contributed by atoms with E-state index in [1.807, 2.05) is 25.8 Å². The number of carbonyl (C=O) groups is 5. The van der Waals surface area contributed by atoms with E-state index in [0.717, 1.165) is 6.29 Å². The smallest absolute Gasteiger partial charge is 0.306 e. The fraction of sp³-hybridized carbons (Fsp3) is 0.881. The van der Waals surface area contributed by atoms with Crippen molar-refractivity contribution in [2.45, 2.75) is 186 Å². The molecule has 16 atom stereocenters. The molecule has 0 bridgehead atoms. The fourth-order valence-corrected chi connectivity index (χ4v) is 8.64. The average Bonchev–Trinajstić information content (AvgIpc) is 3.15. The maximum atomic E-state index is 13.5. The van der Waals surface area contributed by atoms with E-state index in [1.54, 1.807) is 53.6 Å². The van der Waals surface area contributed by atoms with Crippen molar-refractivity contribution >= 4 is 30.1 Å². The number of likely N-dealkylation sites (N-methyl/N-ethyl adjacent to an activating group) is 2. The zero-order valence-electron chi connectivity index (χ0n) is 37.7. The van der Waals surface area contributed by atoms with E-state index in [-0.39, 0.29) is 56.4 Å². The second kappa shape index (κ2) is 23.6. The van der Waals surface area contributed by atoms with Gasteiger partial charge in [0.25, 0.3) is 0 Å². The summed E-state index contributed by atoms with van der Waals surface area (Å²) in [4.78, 5) is 67.2. The third-order valence-corrected chi connectivity index (χ3v) is 11.8. The average molecular weight is 860 g/mol. The van der Waals surface area contributed by atoms with Gasteiger partial charge in [0.05, 0.1) is 36.9 Å². The third kappa shape index (κ3) is 14.1. The van der Waals surface area contributed by atoms with E-state index >= 15 is 0 Å².